The molecule has 2 aromatic carbocycles. The molecule has 2 heterocycles. The molecular formula is C22H16N4. The Morgan fingerprint density at radius 2 is 1.00 bits per heavy atom. The highest BCUT2D eigenvalue weighted by Crippen LogP contribution is 2.52. The van der Waals surface area contributed by atoms with Crippen molar-refractivity contribution in [2.75, 3.05) is 0 Å². The topological polar surface area (TPSA) is 51.6 Å². The van der Waals surface area contributed by atoms with E-state index in [9.17, 15) is 0 Å². The zero-order chi connectivity index (χ0) is 17.3. The number of aromatic nitrogens is 4. The van der Waals surface area contributed by atoms with E-state index in [1.54, 1.807) is 12.7 Å². The number of fused-ring (bicyclic) bond motifs is 3. The summed E-state index contributed by atoms with van der Waals surface area (Å²) in [6.45, 7) is 0. The lowest BCUT2D eigenvalue weighted by atomic mass is 9.77. The SMILES string of the molecule is c1ccc2c(c1)-c1ccccc1C2C(c1cncnc1)c1cncnc1. The molecule has 5 rings (SSSR count). The van der Waals surface area contributed by atoms with E-state index in [0.29, 0.717) is 0 Å². The van der Waals surface area contributed by atoms with Gasteiger partial charge in [-0.05, 0) is 33.4 Å². The fourth-order valence-electron chi connectivity index (χ4n) is 4.07. The highest BCUT2D eigenvalue weighted by Gasteiger charge is 2.36. The lowest BCUT2D eigenvalue weighted by Crippen LogP contribution is -2.13. The van der Waals surface area contributed by atoms with Crippen LogP contribution in [0.3, 0.4) is 0 Å². The Hall–Kier alpha value is -3.40. The first-order valence-electron chi connectivity index (χ1n) is 8.61. The average Bonchev–Trinajstić information content (AvgIpc) is 3.05. The zero-order valence-corrected chi connectivity index (χ0v) is 14.0. The third-order valence-corrected chi connectivity index (χ3v) is 5.09. The van der Waals surface area contributed by atoms with Crippen LogP contribution in [0.4, 0.5) is 0 Å². The Kier molecular flexibility index (Phi) is 3.53. The first-order valence-corrected chi connectivity index (χ1v) is 8.61. The Bertz CT molecular complexity index is 963. The fourth-order valence-corrected chi connectivity index (χ4v) is 4.07. The minimum atomic E-state index is 0.0576. The Balaban J connectivity index is 1.77. The maximum atomic E-state index is 4.26. The normalized spacial score (nSPS) is 12.8. The zero-order valence-electron chi connectivity index (χ0n) is 14.0. The average molecular weight is 336 g/mol. The second-order valence-corrected chi connectivity index (χ2v) is 6.47. The second-order valence-electron chi connectivity index (χ2n) is 6.47. The molecule has 0 unspecified atom stereocenters. The molecule has 1 aliphatic carbocycles. The van der Waals surface area contributed by atoms with Crippen LogP contribution in [0, 0.1) is 0 Å². The maximum absolute atomic E-state index is 4.26. The van der Waals surface area contributed by atoms with Crippen LogP contribution in [0.5, 0.6) is 0 Å². The first-order chi connectivity index (χ1) is 12.9. The van der Waals surface area contributed by atoms with Gasteiger partial charge in [0.1, 0.15) is 12.7 Å². The van der Waals surface area contributed by atoms with E-state index in [1.165, 1.54) is 22.3 Å². The lowest BCUT2D eigenvalue weighted by Gasteiger charge is -2.25. The summed E-state index contributed by atoms with van der Waals surface area (Å²) in [5, 5.41) is 0. The lowest BCUT2D eigenvalue weighted by molar-refractivity contribution is 0.694. The number of rotatable bonds is 3. The molecule has 0 N–H and O–H groups in total. The molecule has 26 heavy (non-hydrogen) atoms. The van der Waals surface area contributed by atoms with Crippen LogP contribution in [0.2, 0.25) is 0 Å². The van der Waals surface area contributed by atoms with Gasteiger partial charge in [0.2, 0.25) is 0 Å². The highest BCUT2D eigenvalue weighted by atomic mass is 14.8. The third kappa shape index (κ3) is 2.30. The van der Waals surface area contributed by atoms with E-state index in [4.69, 9.17) is 0 Å². The van der Waals surface area contributed by atoms with E-state index >= 15 is 0 Å². The van der Waals surface area contributed by atoms with Crippen molar-refractivity contribution in [1.82, 2.24) is 19.9 Å². The molecule has 0 spiro atoms. The molecule has 4 heteroatoms. The molecule has 0 saturated heterocycles. The largest absolute Gasteiger partial charge is 0.245 e. The van der Waals surface area contributed by atoms with Crippen molar-refractivity contribution in [3.05, 3.63) is 108 Å². The fraction of sp³-hybridized carbons (Fsp3) is 0.0909. The molecule has 0 saturated carbocycles. The highest BCUT2D eigenvalue weighted by molar-refractivity contribution is 5.79. The maximum Gasteiger partial charge on any atom is 0.115 e. The molecule has 0 bridgehead atoms. The van der Waals surface area contributed by atoms with Gasteiger partial charge in [0.15, 0.2) is 0 Å². The van der Waals surface area contributed by atoms with E-state index in [2.05, 4.69) is 68.5 Å². The molecule has 0 fully saturated rings. The molecule has 2 aromatic heterocycles. The predicted octanol–water partition coefficient (Wildman–Crippen LogP) is 4.21. The van der Waals surface area contributed by atoms with Crippen LogP contribution in [0.1, 0.15) is 34.1 Å². The van der Waals surface area contributed by atoms with E-state index in [-0.39, 0.29) is 11.8 Å². The minimum Gasteiger partial charge on any atom is -0.245 e. The van der Waals surface area contributed by atoms with Crippen LogP contribution < -0.4 is 0 Å². The summed E-state index contributed by atoms with van der Waals surface area (Å²) in [7, 11) is 0. The molecule has 4 nitrogen and oxygen atoms in total. The summed E-state index contributed by atoms with van der Waals surface area (Å²) < 4.78 is 0. The van der Waals surface area contributed by atoms with Crippen molar-refractivity contribution >= 4 is 0 Å². The van der Waals surface area contributed by atoms with Gasteiger partial charge >= 0.3 is 0 Å². The van der Waals surface area contributed by atoms with E-state index in [0.717, 1.165) is 11.1 Å². The number of hydrogen-bond donors (Lipinski definition) is 0. The van der Waals surface area contributed by atoms with Gasteiger partial charge in [0, 0.05) is 36.6 Å². The summed E-state index contributed by atoms with van der Waals surface area (Å²) >= 11 is 0. The molecule has 4 aromatic rings. The van der Waals surface area contributed by atoms with Gasteiger partial charge in [-0.3, -0.25) is 0 Å². The minimum absolute atomic E-state index is 0.0576. The van der Waals surface area contributed by atoms with Crippen LogP contribution in [-0.4, -0.2) is 19.9 Å². The summed E-state index contributed by atoms with van der Waals surface area (Å²) in [5.41, 5.74) is 7.38. The van der Waals surface area contributed by atoms with Crippen molar-refractivity contribution in [3.63, 3.8) is 0 Å². The van der Waals surface area contributed by atoms with Crippen LogP contribution in [-0.2, 0) is 0 Å². The second kappa shape index (κ2) is 6.15. The molecule has 0 amide bonds. The van der Waals surface area contributed by atoms with Gasteiger partial charge in [-0.15, -0.1) is 0 Å². The van der Waals surface area contributed by atoms with Gasteiger partial charge in [-0.25, -0.2) is 19.9 Å². The monoisotopic (exact) mass is 336 g/mol. The van der Waals surface area contributed by atoms with Gasteiger partial charge < -0.3 is 0 Å². The first kappa shape index (κ1) is 14.9. The number of nitrogens with zero attached hydrogens (tertiary/aromatic N) is 4. The number of hydrogen-bond acceptors (Lipinski definition) is 4. The van der Waals surface area contributed by atoms with Gasteiger partial charge in [0.05, 0.1) is 0 Å². The number of benzene rings is 2. The summed E-state index contributed by atoms with van der Waals surface area (Å²) in [6.07, 6.45) is 10.7. The summed E-state index contributed by atoms with van der Waals surface area (Å²) in [6, 6.07) is 17.3. The van der Waals surface area contributed by atoms with Crippen LogP contribution >= 0.6 is 0 Å². The summed E-state index contributed by atoms with van der Waals surface area (Å²) in [4.78, 5) is 17.0. The smallest absolute Gasteiger partial charge is 0.115 e. The van der Waals surface area contributed by atoms with Crippen LogP contribution in [0.15, 0.2) is 86.0 Å². The van der Waals surface area contributed by atoms with Gasteiger partial charge in [-0.1, -0.05) is 48.5 Å². The molecule has 0 aliphatic heterocycles. The van der Waals surface area contributed by atoms with Crippen molar-refractivity contribution < 1.29 is 0 Å². The Morgan fingerprint density at radius 1 is 0.577 bits per heavy atom. The molecule has 124 valence electrons. The van der Waals surface area contributed by atoms with Crippen molar-refractivity contribution in [1.29, 1.82) is 0 Å². The molecule has 1 aliphatic rings. The molecular weight excluding hydrogens is 320 g/mol. The predicted molar refractivity (Wildman–Crippen MR) is 99.6 cm³/mol. The van der Waals surface area contributed by atoms with Crippen LogP contribution in [0.25, 0.3) is 11.1 Å². The van der Waals surface area contributed by atoms with Gasteiger partial charge in [0.25, 0.3) is 0 Å². The van der Waals surface area contributed by atoms with Crippen molar-refractivity contribution in [3.8, 4) is 11.1 Å². The third-order valence-electron chi connectivity index (χ3n) is 5.09. The molecule has 0 atom stereocenters. The summed E-state index contributed by atoms with van der Waals surface area (Å²) in [5.74, 6) is 0.238. The van der Waals surface area contributed by atoms with E-state index < -0.39 is 0 Å². The van der Waals surface area contributed by atoms with Gasteiger partial charge in [-0.2, -0.15) is 0 Å². The van der Waals surface area contributed by atoms with Crippen molar-refractivity contribution in [2.45, 2.75) is 11.8 Å². The van der Waals surface area contributed by atoms with E-state index in [1.807, 2.05) is 24.8 Å². The molecule has 0 radical (unpaired) electrons. The Labute approximate surface area is 151 Å². The quantitative estimate of drug-likeness (QED) is 0.562. The Morgan fingerprint density at radius 3 is 1.46 bits per heavy atom. The standard InChI is InChI=1S/C22H16N4/c1-3-7-19-17(5-1)18-6-2-4-8-20(18)22(19)21(15-9-23-13-24-10-15)16-11-25-14-26-12-16/h1-14,21-22H. The van der Waals surface area contributed by atoms with Crippen molar-refractivity contribution in [2.24, 2.45) is 0 Å².